The Kier molecular flexibility index (Phi) is 11.7. The van der Waals surface area contributed by atoms with Crippen LogP contribution in [-0.4, -0.2) is 43.3 Å². The summed E-state index contributed by atoms with van der Waals surface area (Å²) in [6, 6.07) is 21.3. The van der Waals surface area contributed by atoms with E-state index in [-0.39, 0.29) is 25.2 Å². The third kappa shape index (κ3) is 7.41. The molecule has 1 amide bonds. The largest absolute Gasteiger partial charge is 0.352 e. The molecule has 1 unspecified atom stereocenters. The smallest absolute Gasteiger partial charge is 0.257 e. The third-order valence-electron chi connectivity index (χ3n) is 6.81. The first kappa shape index (κ1) is 29.8. The summed E-state index contributed by atoms with van der Waals surface area (Å²) < 4.78 is 7.83. The summed E-state index contributed by atoms with van der Waals surface area (Å²) in [7, 11) is 1.91. The summed E-state index contributed by atoms with van der Waals surface area (Å²) in [5, 5.41) is 3.57. The minimum atomic E-state index is -0.790. The quantitative estimate of drug-likeness (QED) is 0.207. The van der Waals surface area contributed by atoms with Crippen LogP contribution in [0.5, 0.6) is 0 Å². The van der Waals surface area contributed by atoms with Crippen LogP contribution < -0.4 is 9.88 Å². The van der Waals surface area contributed by atoms with E-state index in [1.54, 1.807) is 12.3 Å². The molecule has 1 N–H and O–H groups in total. The Balaban J connectivity index is 0.00000195. The van der Waals surface area contributed by atoms with Crippen LogP contribution in [0.15, 0.2) is 79.1 Å². The molecule has 4 rings (SSSR count). The highest BCUT2D eigenvalue weighted by molar-refractivity contribution is 6.31. The molecule has 0 bridgehead atoms. The van der Waals surface area contributed by atoms with Gasteiger partial charge in [0, 0.05) is 30.4 Å². The number of alkyl halides is 1. The molecule has 1 saturated carbocycles. The number of carbonyl (C=O) groups is 2. The van der Waals surface area contributed by atoms with Crippen molar-refractivity contribution in [2.75, 3.05) is 26.7 Å². The lowest BCUT2D eigenvalue weighted by atomic mass is 9.74. The maximum absolute atomic E-state index is 13.2. The zero-order valence-corrected chi connectivity index (χ0v) is 23.5. The van der Waals surface area contributed by atoms with Gasteiger partial charge in [0.1, 0.15) is 17.8 Å². The number of hydrogen-bond acceptors (Lipinski definition) is 4. The molecule has 1 heterocycles. The normalized spacial score (nSPS) is 17.0. The summed E-state index contributed by atoms with van der Waals surface area (Å²) in [4.78, 5) is 27.8. The van der Waals surface area contributed by atoms with Crippen molar-refractivity contribution < 1.29 is 18.9 Å². The molecule has 2 aromatic carbocycles. The number of ketones is 1. The van der Waals surface area contributed by atoms with Gasteiger partial charge in [0.05, 0.1) is 0 Å². The zero-order chi connectivity index (χ0) is 27.4. The molecular weight excluding hydrogens is 521 g/mol. The zero-order valence-electron chi connectivity index (χ0n) is 22.0. The van der Waals surface area contributed by atoms with Gasteiger partial charge in [-0.25, -0.2) is 0 Å². The van der Waals surface area contributed by atoms with Gasteiger partial charge < -0.3 is 10.1 Å². The number of hydrogen-bond donors (Lipinski definition) is 1. The van der Waals surface area contributed by atoms with Gasteiger partial charge in [-0.1, -0.05) is 66.6 Å². The Morgan fingerprint density at radius 3 is 2.53 bits per heavy atom. The number of aromatic nitrogens is 1. The van der Waals surface area contributed by atoms with E-state index in [4.69, 9.17) is 16.3 Å². The van der Waals surface area contributed by atoms with E-state index in [9.17, 15) is 9.59 Å². The minimum absolute atomic E-state index is 0.122. The highest BCUT2D eigenvalue weighted by Gasteiger charge is 2.46. The van der Waals surface area contributed by atoms with Gasteiger partial charge in [0.25, 0.3) is 12.6 Å². The Bertz CT molecular complexity index is 1190. The fraction of sp³-hybridized carbons (Fsp3) is 0.367. The Morgan fingerprint density at radius 1 is 1.05 bits per heavy atom. The maximum Gasteiger partial charge on any atom is 0.257 e. The van der Waals surface area contributed by atoms with Crippen LogP contribution in [0, 0.1) is 0 Å². The number of nitrogens with one attached hydrogen (secondary N) is 1. The number of nitrogens with zero attached hydrogens (tertiary/aromatic N) is 2. The summed E-state index contributed by atoms with van der Waals surface area (Å²) in [6.07, 6.45) is 8.98. The summed E-state index contributed by atoms with van der Waals surface area (Å²) in [6.45, 7) is 1.07. The number of ether oxygens (including phenoxy) is 1. The van der Waals surface area contributed by atoms with E-state index in [2.05, 4.69) is 16.9 Å². The first-order valence-electron chi connectivity index (χ1n) is 12.8. The molecule has 0 saturated heterocycles. The molecule has 1 aromatic heterocycles. The number of amides is 1. The highest BCUT2D eigenvalue weighted by Crippen LogP contribution is 2.42. The van der Waals surface area contributed by atoms with Gasteiger partial charge in [0.2, 0.25) is 0 Å². The topological polar surface area (TPSA) is 62.5 Å². The van der Waals surface area contributed by atoms with Crippen molar-refractivity contribution in [1.29, 1.82) is 0 Å². The van der Waals surface area contributed by atoms with E-state index >= 15 is 0 Å². The number of benzene rings is 2. The second kappa shape index (κ2) is 15.0. The lowest BCUT2D eigenvalue weighted by molar-refractivity contribution is -0.733. The SMILES string of the molecule is CCl.CN(COC[n+]1cccc(C(=O)NCCc2ccccc2)c1)C1(c2ccccc2Cl)CCCCC1=O. The van der Waals surface area contributed by atoms with E-state index < -0.39 is 5.54 Å². The lowest BCUT2D eigenvalue weighted by Gasteiger charge is -2.43. The van der Waals surface area contributed by atoms with Crippen molar-refractivity contribution in [3.63, 3.8) is 0 Å². The van der Waals surface area contributed by atoms with Crippen molar-refractivity contribution >= 4 is 34.9 Å². The molecule has 202 valence electrons. The molecule has 0 radical (unpaired) electrons. The van der Waals surface area contributed by atoms with Gasteiger partial charge in [0.15, 0.2) is 18.2 Å². The van der Waals surface area contributed by atoms with Crippen LogP contribution >= 0.6 is 23.2 Å². The predicted octanol–water partition coefficient (Wildman–Crippen LogP) is 5.36. The highest BCUT2D eigenvalue weighted by atomic mass is 35.5. The first-order chi connectivity index (χ1) is 18.5. The van der Waals surface area contributed by atoms with Gasteiger partial charge in [-0.05, 0) is 49.6 Å². The molecule has 6 nitrogen and oxygen atoms in total. The van der Waals surface area contributed by atoms with Gasteiger partial charge >= 0.3 is 0 Å². The van der Waals surface area contributed by atoms with E-state index in [0.717, 1.165) is 24.8 Å². The molecule has 1 aliphatic rings. The van der Waals surface area contributed by atoms with Crippen molar-refractivity contribution in [2.45, 2.75) is 44.4 Å². The van der Waals surface area contributed by atoms with Crippen molar-refractivity contribution in [2.24, 2.45) is 0 Å². The number of pyridine rings is 1. The molecule has 3 aromatic rings. The van der Waals surface area contributed by atoms with Crippen LogP contribution in [0.3, 0.4) is 0 Å². The van der Waals surface area contributed by atoms with Gasteiger partial charge in [-0.15, -0.1) is 11.6 Å². The molecule has 1 fully saturated rings. The maximum atomic E-state index is 13.2. The molecule has 0 aliphatic heterocycles. The van der Waals surface area contributed by atoms with Crippen LogP contribution in [-0.2, 0) is 28.2 Å². The molecule has 8 heteroatoms. The average molecular weight is 558 g/mol. The molecular formula is C30H36Cl2N3O3+. The fourth-order valence-corrected chi connectivity index (χ4v) is 5.19. The van der Waals surface area contributed by atoms with Gasteiger partial charge in [-0.2, -0.15) is 4.57 Å². The van der Waals surface area contributed by atoms with E-state index in [1.165, 1.54) is 11.9 Å². The molecule has 38 heavy (non-hydrogen) atoms. The predicted molar refractivity (Wildman–Crippen MR) is 151 cm³/mol. The number of carbonyl (C=O) groups excluding carboxylic acids is 2. The molecule has 1 atom stereocenters. The van der Waals surface area contributed by atoms with Crippen molar-refractivity contribution in [3.8, 4) is 0 Å². The monoisotopic (exact) mass is 556 g/mol. The fourth-order valence-electron chi connectivity index (χ4n) is 4.90. The number of likely N-dealkylation sites (N-methyl/N-ethyl adjacent to an activating group) is 1. The molecule has 0 spiro atoms. The third-order valence-corrected chi connectivity index (χ3v) is 7.14. The van der Waals surface area contributed by atoms with Crippen LogP contribution in [0.25, 0.3) is 0 Å². The second-order valence-corrected chi connectivity index (χ2v) is 9.64. The number of rotatable bonds is 10. The van der Waals surface area contributed by atoms with Gasteiger partial charge in [-0.3, -0.25) is 14.5 Å². The van der Waals surface area contributed by atoms with Crippen LogP contribution in [0.4, 0.5) is 0 Å². The van der Waals surface area contributed by atoms with E-state index in [0.29, 0.717) is 30.0 Å². The van der Waals surface area contributed by atoms with Crippen molar-refractivity contribution in [1.82, 2.24) is 10.2 Å². The summed E-state index contributed by atoms with van der Waals surface area (Å²) in [5.41, 5.74) is 1.80. The standard InChI is InChI=1S/C29H32ClN3O3.CH3Cl/c1-32(29(17-8-7-15-27(29)34)25-13-5-6-14-26(25)30)21-36-22-33-19-9-12-24(20-33)28(35)31-18-16-23-10-3-2-4-11-23;1-2/h2-6,9-14,19-20H,7-8,15-18,21-22H2,1H3;1H3/p+1. The number of Topliss-reactive ketones (excluding diaryl/α,β-unsaturated/α-hetero) is 1. The van der Waals surface area contributed by atoms with E-state index in [1.807, 2.05) is 83.4 Å². The average Bonchev–Trinajstić information content (AvgIpc) is 2.95. The molecule has 1 aliphatic carbocycles. The second-order valence-electron chi connectivity index (χ2n) is 9.23. The van der Waals surface area contributed by atoms with Crippen LogP contribution in [0.1, 0.15) is 47.2 Å². The minimum Gasteiger partial charge on any atom is -0.352 e. The van der Waals surface area contributed by atoms with Crippen molar-refractivity contribution in [3.05, 3.63) is 101 Å². The first-order valence-corrected chi connectivity index (χ1v) is 13.9. The number of halogens is 2. The Labute approximate surface area is 235 Å². The lowest BCUT2D eigenvalue weighted by Crippen LogP contribution is -2.53. The summed E-state index contributed by atoms with van der Waals surface area (Å²) in [5.74, 6) is 0.0534. The summed E-state index contributed by atoms with van der Waals surface area (Å²) >= 11 is 11.2. The Morgan fingerprint density at radius 2 is 1.79 bits per heavy atom. The van der Waals surface area contributed by atoms with Crippen LogP contribution in [0.2, 0.25) is 5.02 Å². The Hall–Kier alpha value is -2.77.